The molecule has 2 aromatic rings. The van der Waals surface area contributed by atoms with E-state index in [0.717, 1.165) is 36.8 Å². The van der Waals surface area contributed by atoms with E-state index in [0.29, 0.717) is 26.2 Å². The number of hydrogen-bond acceptors (Lipinski definition) is 3. The lowest BCUT2D eigenvalue weighted by Gasteiger charge is -2.20. The van der Waals surface area contributed by atoms with Crippen molar-refractivity contribution in [1.82, 2.24) is 18.8 Å². The van der Waals surface area contributed by atoms with Gasteiger partial charge in [-0.2, -0.15) is 22.5 Å². The van der Waals surface area contributed by atoms with Gasteiger partial charge in [0.25, 0.3) is 10.2 Å². The zero-order valence-corrected chi connectivity index (χ0v) is 14.6. The first-order valence-electron chi connectivity index (χ1n) is 8.44. The van der Waals surface area contributed by atoms with Crippen molar-refractivity contribution in [3.8, 4) is 0 Å². The molecule has 6 nitrogen and oxygen atoms in total. The molecule has 0 saturated carbocycles. The summed E-state index contributed by atoms with van der Waals surface area (Å²) in [5.74, 6) is 0. The van der Waals surface area contributed by atoms with Crippen LogP contribution in [0, 0.1) is 0 Å². The quantitative estimate of drug-likeness (QED) is 0.870. The van der Waals surface area contributed by atoms with E-state index in [1.165, 1.54) is 0 Å². The van der Waals surface area contributed by atoms with Gasteiger partial charge in [0.1, 0.15) is 0 Å². The molecule has 1 aliphatic heterocycles. The lowest BCUT2D eigenvalue weighted by atomic mass is 10.1. The summed E-state index contributed by atoms with van der Waals surface area (Å²) in [7, 11) is -3.42. The number of nitrogens with zero attached hydrogens (tertiary/aromatic N) is 3. The first-order chi connectivity index (χ1) is 11.6. The van der Waals surface area contributed by atoms with E-state index in [-0.39, 0.29) is 0 Å². The second-order valence-corrected chi connectivity index (χ2v) is 7.87. The Labute approximate surface area is 143 Å². The van der Waals surface area contributed by atoms with Crippen molar-refractivity contribution < 1.29 is 8.42 Å². The third kappa shape index (κ3) is 4.43. The molecule has 0 aliphatic carbocycles. The molecule has 130 valence electrons. The molecule has 0 radical (unpaired) electrons. The van der Waals surface area contributed by atoms with Crippen LogP contribution >= 0.6 is 0 Å². The van der Waals surface area contributed by atoms with Gasteiger partial charge < -0.3 is 0 Å². The predicted octanol–water partition coefficient (Wildman–Crippen LogP) is 2.14. The highest BCUT2D eigenvalue weighted by molar-refractivity contribution is 7.87. The second-order valence-electron chi connectivity index (χ2n) is 6.11. The van der Waals surface area contributed by atoms with Crippen LogP contribution in [0.15, 0.2) is 42.7 Å². The van der Waals surface area contributed by atoms with Gasteiger partial charge in [-0.25, -0.2) is 0 Å². The van der Waals surface area contributed by atoms with Gasteiger partial charge in [-0.05, 0) is 30.0 Å². The minimum Gasteiger partial charge on any atom is -0.268 e. The van der Waals surface area contributed by atoms with E-state index >= 15 is 0 Å². The molecule has 0 spiro atoms. The first kappa shape index (κ1) is 17.1. The molecule has 1 N–H and O–H groups in total. The Balaban J connectivity index is 1.67. The van der Waals surface area contributed by atoms with Gasteiger partial charge in [0.15, 0.2) is 0 Å². The minimum atomic E-state index is -3.42. The maximum Gasteiger partial charge on any atom is 0.279 e. The van der Waals surface area contributed by atoms with Crippen LogP contribution in [0.25, 0.3) is 0 Å². The molecular weight excluding hydrogens is 324 g/mol. The van der Waals surface area contributed by atoms with Gasteiger partial charge in [-0.15, -0.1) is 0 Å². The standard InChI is InChI=1S/C17H24N4O2S/c22-24(23,21-12-5-1-2-6-13-21)19-14-16-8-3-4-9-17(16)15-20-11-7-10-18-20/h3-4,7-11,19H,1-2,5-6,12-15H2. The van der Waals surface area contributed by atoms with Crippen molar-refractivity contribution in [2.75, 3.05) is 13.1 Å². The van der Waals surface area contributed by atoms with Gasteiger partial charge in [0.2, 0.25) is 0 Å². The zero-order valence-electron chi connectivity index (χ0n) is 13.8. The largest absolute Gasteiger partial charge is 0.279 e. The number of nitrogens with one attached hydrogen (secondary N) is 1. The van der Waals surface area contributed by atoms with Crippen molar-refractivity contribution >= 4 is 10.2 Å². The van der Waals surface area contributed by atoms with Crippen molar-refractivity contribution in [2.24, 2.45) is 0 Å². The Morgan fingerprint density at radius 2 is 1.71 bits per heavy atom. The normalized spacial score (nSPS) is 16.8. The van der Waals surface area contributed by atoms with Crippen molar-refractivity contribution in [3.63, 3.8) is 0 Å². The van der Waals surface area contributed by atoms with E-state index in [1.807, 2.05) is 41.2 Å². The number of aromatic nitrogens is 2. The second kappa shape index (κ2) is 7.92. The lowest BCUT2D eigenvalue weighted by Crippen LogP contribution is -2.41. The summed E-state index contributed by atoms with van der Waals surface area (Å²) in [6.45, 7) is 2.17. The van der Waals surface area contributed by atoms with E-state index in [1.54, 1.807) is 10.5 Å². The van der Waals surface area contributed by atoms with Crippen LogP contribution in [-0.2, 0) is 23.3 Å². The molecule has 1 aromatic carbocycles. The summed E-state index contributed by atoms with van der Waals surface area (Å²) >= 11 is 0. The lowest BCUT2D eigenvalue weighted by molar-refractivity contribution is 0.414. The number of hydrogen-bond donors (Lipinski definition) is 1. The van der Waals surface area contributed by atoms with Gasteiger partial charge in [-0.3, -0.25) is 4.68 Å². The minimum absolute atomic E-state index is 0.302. The predicted molar refractivity (Wildman–Crippen MR) is 93.6 cm³/mol. The third-order valence-corrected chi connectivity index (χ3v) is 5.91. The van der Waals surface area contributed by atoms with Crippen LogP contribution in [0.2, 0.25) is 0 Å². The fourth-order valence-corrected chi connectivity index (χ4v) is 4.25. The Morgan fingerprint density at radius 3 is 2.38 bits per heavy atom. The molecule has 0 amide bonds. The summed E-state index contributed by atoms with van der Waals surface area (Å²) in [6.07, 6.45) is 7.74. The summed E-state index contributed by atoms with van der Waals surface area (Å²) in [4.78, 5) is 0. The number of rotatable bonds is 6. The van der Waals surface area contributed by atoms with Crippen LogP contribution in [0.3, 0.4) is 0 Å². The molecule has 1 fully saturated rings. The average Bonchev–Trinajstić information content (AvgIpc) is 2.93. The molecule has 1 saturated heterocycles. The highest BCUT2D eigenvalue weighted by atomic mass is 32.2. The molecule has 1 aliphatic rings. The highest BCUT2D eigenvalue weighted by Gasteiger charge is 2.22. The van der Waals surface area contributed by atoms with Gasteiger partial charge >= 0.3 is 0 Å². The summed E-state index contributed by atoms with van der Waals surface area (Å²) in [6, 6.07) is 9.75. The zero-order chi connectivity index (χ0) is 16.8. The molecule has 24 heavy (non-hydrogen) atoms. The van der Waals surface area contributed by atoms with Crippen LogP contribution in [0.1, 0.15) is 36.8 Å². The van der Waals surface area contributed by atoms with Gasteiger partial charge in [-0.1, -0.05) is 37.1 Å². The van der Waals surface area contributed by atoms with E-state index in [9.17, 15) is 8.42 Å². The topological polar surface area (TPSA) is 67.2 Å². The van der Waals surface area contributed by atoms with E-state index < -0.39 is 10.2 Å². The van der Waals surface area contributed by atoms with Crippen LogP contribution in [0.4, 0.5) is 0 Å². The van der Waals surface area contributed by atoms with Gasteiger partial charge in [0, 0.05) is 32.0 Å². The summed E-state index contributed by atoms with van der Waals surface area (Å²) < 4.78 is 31.3. The molecule has 7 heteroatoms. The maximum atomic E-state index is 12.5. The van der Waals surface area contributed by atoms with Gasteiger partial charge in [0.05, 0.1) is 6.54 Å². The average molecular weight is 348 g/mol. The van der Waals surface area contributed by atoms with E-state index in [2.05, 4.69) is 9.82 Å². The molecule has 2 heterocycles. The van der Waals surface area contributed by atoms with E-state index in [4.69, 9.17) is 0 Å². The Kier molecular flexibility index (Phi) is 5.65. The van der Waals surface area contributed by atoms with Crippen molar-refractivity contribution in [3.05, 3.63) is 53.9 Å². The maximum absolute atomic E-state index is 12.5. The van der Waals surface area contributed by atoms with Crippen molar-refractivity contribution in [1.29, 1.82) is 0 Å². The van der Waals surface area contributed by atoms with Crippen molar-refractivity contribution in [2.45, 2.75) is 38.8 Å². The Bertz CT molecular complexity index is 736. The fourth-order valence-electron chi connectivity index (χ4n) is 2.99. The number of benzene rings is 1. The molecule has 3 rings (SSSR count). The monoisotopic (exact) mass is 348 g/mol. The summed E-state index contributed by atoms with van der Waals surface area (Å²) in [5.41, 5.74) is 2.05. The molecule has 0 unspecified atom stereocenters. The first-order valence-corrected chi connectivity index (χ1v) is 9.88. The smallest absolute Gasteiger partial charge is 0.268 e. The Hall–Kier alpha value is -1.70. The third-order valence-electron chi connectivity index (χ3n) is 4.36. The van der Waals surface area contributed by atoms with Crippen LogP contribution in [-0.4, -0.2) is 35.6 Å². The SMILES string of the molecule is O=S(=O)(NCc1ccccc1Cn1cccn1)N1CCCCCC1. The molecule has 1 aromatic heterocycles. The highest BCUT2D eigenvalue weighted by Crippen LogP contribution is 2.14. The molecular formula is C17H24N4O2S. The van der Waals surface area contributed by atoms with Crippen LogP contribution in [0.5, 0.6) is 0 Å². The summed E-state index contributed by atoms with van der Waals surface area (Å²) in [5, 5.41) is 4.22. The van der Waals surface area contributed by atoms with Crippen LogP contribution < -0.4 is 4.72 Å². The molecule has 0 bridgehead atoms. The Morgan fingerprint density at radius 1 is 1.00 bits per heavy atom. The fraction of sp³-hybridized carbons (Fsp3) is 0.471. The molecule has 0 atom stereocenters.